The molecule has 0 aliphatic heterocycles. The van der Waals surface area contributed by atoms with Crippen LogP contribution >= 0.6 is 0 Å². The molecule has 0 fully saturated rings. The van der Waals surface area contributed by atoms with Crippen LogP contribution in [0.5, 0.6) is 11.5 Å². The number of aryl methyl sites for hydroxylation is 2. The van der Waals surface area contributed by atoms with Gasteiger partial charge in [0.1, 0.15) is 0 Å². The van der Waals surface area contributed by atoms with Gasteiger partial charge in [0.05, 0.1) is 0 Å². The first-order valence-corrected chi connectivity index (χ1v) is 8.79. The molecule has 3 rings (SSSR count). The monoisotopic (exact) mass is 334 g/mol. The molecule has 1 heterocycles. The van der Waals surface area contributed by atoms with Crippen molar-refractivity contribution >= 4 is 29.0 Å². The first-order chi connectivity index (χ1) is 10.2. The number of hydrogen-bond acceptors (Lipinski definition) is 3. The van der Waals surface area contributed by atoms with Crippen LogP contribution in [-0.4, -0.2) is 23.1 Å². The van der Waals surface area contributed by atoms with Crippen molar-refractivity contribution in [3.8, 4) is 11.5 Å². The second-order valence-electron chi connectivity index (χ2n) is 4.88. The van der Waals surface area contributed by atoms with Gasteiger partial charge >= 0.3 is 132 Å². The van der Waals surface area contributed by atoms with E-state index in [4.69, 9.17) is 7.06 Å². The van der Waals surface area contributed by atoms with E-state index in [9.17, 15) is 0 Å². The summed E-state index contributed by atoms with van der Waals surface area (Å²) in [5.41, 5.74) is 3.02. The molecule has 3 nitrogen and oxygen atoms in total. The van der Waals surface area contributed by atoms with Crippen LogP contribution in [0.15, 0.2) is 54.6 Å². The molecule has 0 spiro atoms. The van der Waals surface area contributed by atoms with Gasteiger partial charge in [0, 0.05) is 0 Å². The number of rotatable bonds is 4. The standard InChI is InChI=1S/C10H9NO.C7H8O.Ga/c1-7-5-6-8-3-2-4-9(12)10(8)11-7;1-6-4-2-3-5-7(6)8;/h2-6,12H,1H3;2-5,8H,1H3;/q;;+2/p-2. The average molecular weight is 335 g/mol. The third kappa shape index (κ3) is 3.23. The summed E-state index contributed by atoms with van der Waals surface area (Å²) in [6.07, 6.45) is 0. The van der Waals surface area contributed by atoms with E-state index in [2.05, 4.69) is 11.1 Å². The number of hydrogen-bond donors (Lipinski definition) is 0. The molecule has 0 bridgehead atoms. The minimum atomic E-state index is -1.31. The molecule has 2 aromatic carbocycles. The van der Waals surface area contributed by atoms with Crippen LogP contribution < -0.4 is 7.06 Å². The molecule has 4 heteroatoms. The summed E-state index contributed by atoms with van der Waals surface area (Å²) in [6, 6.07) is 18.0. The van der Waals surface area contributed by atoms with Crippen LogP contribution in [0.2, 0.25) is 0 Å². The summed E-state index contributed by atoms with van der Waals surface area (Å²) in [4.78, 5) is 4.56. The molecule has 3 aromatic rings. The van der Waals surface area contributed by atoms with Gasteiger partial charge in [-0.2, -0.15) is 0 Å². The molecule has 0 aliphatic rings. The van der Waals surface area contributed by atoms with Gasteiger partial charge in [-0.15, -0.1) is 0 Å². The summed E-state index contributed by atoms with van der Waals surface area (Å²) in [6.45, 7) is 4.02. The zero-order valence-electron chi connectivity index (χ0n) is 12.0. The summed E-state index contributed by atoms with van der Waals surface area (Å²) in [5.74, 6) is 1.71. The SMILES string of the molecule is Cc1ccc2cccc([O][Ga][O]c3ccccc3C)c2n1. The fraction of sp³-hybridized carbons (Fsp3) is 0.118. The van der Waals surface area contributed by atoms with Crippen molar-refractivity contribution < 1.29 is 7.06 Å². The van der Waals surface area contributed by atoms with E-state index in [0.29, 0.717) is 0 Å². The third-order valence-electron chi connectivity index (χ3n) is 3.27. The Morgan fingerprint density at radius 1 is 0.810 bits per heavy atom. The second kappa shape index (κ2) is 6.24. The Kier molecular flexibility index (Phi) is 4.17. The molecule has 0 aliphatic carbocycles. The normalized spacial score (nSPS) is 10.4. The molecule has 1 radical (unpaired) electrons. The van der Waals surface area contributed by atoms with Crippen LogP contribution in [0.4, 0.5) is 0 Å². The Hall–Kier alpha value is -1.91. The van der Waals surface area contributed by atoms with Crippen molar-refractivity contribution in [3.05, 3.63) is 65.9 Å². The third-order valence-corrected chi connectivity index (χ3v) is 4.74. The number of nitrogens with zero attached hydrogens (tertiary/aromatic N) is 1. The summed E-state index contributed by atoms with van der Waals surface area (Å²) in [7, 11) is 0. The van der Waals surface area contributed by atoms with Gasteiger partial charge in [-0.25, -0.2) is 0 Å². The van der Waals surface area contributed by atoms with Crippen molar-refractivity contribution in [1.82, 2.24) is 4.98 Å². The molecule has 1 aromatic heterocycles. The fourth-order valence-electron chi connectivity index (χ4n) is 2.13. The molecule has 0 saturated heterocycles. The Morgan fingerprint density at radius 3 is 2.43 bits per heavy atom. The van der Waals surface area contributed by atoms with Crippen LogP contribution in [0.1, 0.15) is 11.3 Å². The molecule has 0 saturated carbocycles. The number of pyridine rings is 1. The number of para-hydroxylation sites is 2. The Morgan fingerprint density at radius 2 is 1.57 bits per heavy atom. The van der Waals surface area contributed by atoms with Gasteiger partial charge in [-0.1, -0.05) is 0 Å². The molecule has 103 valence electrons. The fourth-order valence-corrected chi connectivity index (χ4v) is 3.62. The second-order valence-corrected chi connectivity index (χ2v) is 6.27. The number of benzene rings is 2. The van der Waals surface area contributed by atoms with E-state index in [1.54, 1.807) is 0 Å². The van der Waals surface area contributed by atoms with Crippen molar-refractivity contribution in [1.29, 1.82) is 0 Å². The van der Waals surface area contributed by atoms with E-state index in [0.717, 1.165) is 33.7 Å². The first-order valence-electron chi connectivity index (χ1n) is 6.81. The average Bonchev–Trinajstić information content (AvgIpc) is 2.49. The van der Waals surface area contributed by atoms with Gasteiger partial charge in [0.25, 0.3) is 0 Å². The van der Waals surface area contributed by atoms with Gasteiger partial charge in [0.2, 0.25) is 0 Å². The summed E-state index contributed by atoms with van der Waals surface area (Å²) >= 11 is -1.31. The molecular formula is C17H15GaNO2. The van der Waals surface area contributed by atoms with E-state index in [-0.39, 0.29) is 0 Å². The van der Waals surface area contributed by atoms with E-state index < -0.39 is 18.1 Å². The van der Waals surface area contributed by atoms with Crippen LogP contribution in [0.25, 0.3) is 10.9 Å². The topological polar surface area (TPSA) is 31.4 Å². The predicted octanol–water partition coefficient (Wildman–Crippen LogP) is 3.84. The predicted molar refractivity (Wildman–Crippen MR) is 84.7 cm³/mol. The number of fused-ring (bicyclic) bond motifs is 1. The number of aromatic nitrogens is 1. The van der Waals surface area contributed by atoms with Gasteiger partial charge in [-0.05, 0) is 0 Å². The van der Waals surface area contributed by atoms with Crippen LogP contribution in [0, 0.1) is 13.8 Å². The Labute approximate surface area is 132 Å². The van der Waals surface area contributed by atoms with E-state index in [1.165, 1.54) is 0 Å². The maximum atomic E-state index is 5.90. The first kappa shape index (κ1) is 14.0. The zero-order chi connectivity index (χ0) is 14.7. The minimum absolute atomic E-state index is 0.810. The van der Waals surface area contributed by atoms with Crippen molar-refractivity contribution in [2.24, 2.45) is 0 Å². The molecular weight excluding hydrogens is 320 g/mol. The quantitative estimate of drug-likeness (QED) is 0.679. The van der Waals surface area contributed by atoms with Crippen LogP contribution in [0.3, 0.4) is 0 Å². The van der Waals surface area contributed by atoms with Crippen molar-refractivity contribution in [3.63, 3.8) is 0 Å². The van der Waals surface area contributed by atoms with E-state index >= 15 is 0 Å². The van der Waals surface area contributed by atoms with Gasteiger partial charge < -0.3 is 0 Å². The molecule has 21 heavy (non-hydrogen) atoms. The summed E-state index contributed by atoms with van der Waals surface area (Å²) < 4.78 is 11.7. The van der Waals surface area contributed by atoms with Gasteiger partial charge in [-0.3, -0.25) is 0 Å². The van der Waals surface area contributed by atoms with Crippen LogP contribution in [-0.2, 0) is 0 Å². The molecule has 0 N–H and O–H groups in total. The van der Waals surface area contributed by atoms with Crippen molar-refractivity contribution in [2.75, 3.05) is 0 Å². The summed E-state index contributed by atoms with van der Waals surface area (Å²) in [5, 5.41) is 1.09. The maximum absolute atomic E-state index is 5.90. The molecule has 0 atom stereocenters. The molecule has 0 amide bonds. The Balaban J connectivity index is 1.77. The zero-order valence-corrected chi connectivity index (χ0v) is 14.5. The van der Waals surface area contributed by atoms with Crippen molar-refractivity contribution in [2.45, 2.75) is 13.8 Å². The van der Waals surface area contributed by atoms with E-state index in [1.807, 2.05) is 62.4 Å². The molecule has 0 unspecified atom stereocenters. The Bertz CT molecular complexity index is 774. The van der Waals surface area contributed by atoms with Gasteiger partial charge in [0.15, 0.2) is 0 Å².